The Morgan fingerprint density at radius 3 is 2.27 bits per heavy atom. The zero-order valence-corrected chi connectivity index (χ0v) is 7.69. The van der Waals surface area contributed by atoms with Gasteiger partial charge in [-0.25, -0.2) is 8.42 Å². The van der Waals surface area contributed by atoms with E-state index in [9.17, 15) is 8.42 Å². The number of rotatable bonds is 1. The Bertz CT molecular complexity index is 240. The number of sulfone groups is 1. The average Bonchev–Trinajstić information content (AvgIpc) is 2.05. The van der Waals surface area contributed by atoms with Gasteiger partial charge in [0.05, 0.1) is 10.5 Å². The summed E-state index contributed by atoms with van der Waals surface area (Å²) in [6.45, 7) is 3.36. The second-order valence-corrected chi connectivity index (χ2v) is 6.28. The van der Waals surface area contributed by atoms with Crippen LogP contribution >= 0.6 is 0 Å². The van der Waals surface area contributed by atoms with Crippen molar-refractivity contribution in [3.63, 3.8) is 0 Å². The molecule has 4 heteroatoms. The number of aliphatic hydroxyl groups is 1. The molecule has 0 aromatic carbocycles. The third kappa shape index (κ3) is 1.18. The van der Waals surface area contributed by atoms with Crippen LogP contribution in [-0.4, -0.2) is 30.6 Å². The van der Waals surface area contributed by atoms with E-state index in [-0.39, 0.29) is 18.3 Å². The molecule has 1 atom stereocenters. The Morgan fingerprint density at radius 2 is 2.09 bits per heavy atom. The molecule has 0 aliphatic carbocycles. The fraction of sp³-hybridized carbons (Fsp3) is 1.00. The van der Waals surface area contributed by atoms with Crippen molar-refractivity contribution in [1.82, 2.24) is 0 Å². The van der Waals surface area contributed by atoms with E-state index in [2.05, 4.69) is 0 Å². The minimum atomic E-state index is -2.95. The molecular formula is C7H14O3S. The van der Waals surface area contributed by atoms with E-state index in [1.807, 2.05) is 0 Å². The Balaban J connectivity index is 3.00. The molecule has 1 rings (SSSR count). The molecule has 11 heavy (non-hydrogen) atoms. The summed E-state index contributed by atoms with van der Waals surface area (Å²) < 4.78 is 22.0. The van der Waals surface area contributed by atoms with E-state index in [0.29, 0.717) is 6.42 Å². The Kier molecular flexibility index (Phi) is 2.01. The molecule has 0 spiro atoms. The lowest BCUT2D eigenvalue weighted by Crippen LogP contribution is -2.35. The molecule has 0 saturated carbocycles. The molecule has 3 nitrogen and oxygen atoms in total. The zero-order valence-electron chi connectivity index (χ0n) is 6.87. The third-order valence-corrected chi connectivity index (χ3v) is 5.45. The van der Waals surface area contributed by atoms with Crippen LogP contribution < -0.4 is 0 Å². The summed E-state index contributed by atoms with van der Waals surface area (Å²) in [4.78, 5) is 0. The topological polar surface area (TPSA) is 54.4 Å². The maximum atomic E-state index is 11.3. The van der Waals surface area contributed by atoms with Crippen molar-refractivity contribution < 1.29 is 13.5 Å². The van der Waals surface area contributed by atoms with Crippen LogP contribution in [0.25, 0.3) is 0 Å². The lowest BCUT2D eigenvalue weighted by atomic mass is 9.94. The molecule has 1 aliphatic heterocycles. The van der Waals surface area contributed by atoms with Crippen LogP contribution in [-0.2, 0) is 9.84 Å². The highest BCUT2D eigenvalue weighted by Gasteiger charge is 2.46. The van der Waals surface area contributed by atoms with Gasteiger partial charge in [-0.2, -0.15) is 0 Å². The van der Waals surface area contributed by atoms with Crippen molar-refractivity contribution in [2.24, 2.45) is 5.92 Å². The van der Waals surface area contributed by atoms with E-state index >= 15 is 0 Å². The molecule has 1 unspecified atom stereocenters. The largest absolute Gasteiger partial charge is 0.396 e. The summed E-state index contributed by atoms with van der Waals surface area (Å²) >= 11 is 0. The smallest absolute Gasteiger partial charge is 0.155 e. The lowest BCUT2D eigenvalue weighted by molar-refractivity contribution is 0.204. The van der Waals surface area contributed by atoms with Gasteiger partial charge in [-0.1, -0.05) is 0 Å². The highest BCUT2D eigenvalue weighted by molar-refractivity contribution is 7.93. The average molecular weight is 178 g/mol. The summed E-state index contributed by atoms with van der Waals surface area (Å²) in [5.74, 6) is 0.151. The van der Waals surface area contributed by atoms with E-state index < -0.39 is 14.6 Å². The van der Waals surface area contributed by atoms with Crippen molar-refractivity contribution >= 4 is 9.84 Å². The zero-order chi connectivity index (χ0) is 8.70. The Morgan fingerprint density at radius 1 is 1.55 bits per heavy atom. The maximum Gasteiger partial charge on any atom is 0.155 e. The van der Waals surface area contributed by atoms with E-state index in [1.54, 1.807) is 13.8 Å². The van der Waals surface area contributed by atoms with Crippen molar-refractivity contribution in [2.45, 2.75) is 25.0 Å². The van der Waals surface area contributed by atoms with Gasteiger partial charge in [0.25, 0.3) is 0 Å². The first-order chi connectivity index (χ1) is 4.92. The van der Waals surface area contributed by atoms with Gasteiger partial charge in [-0.05, 0) is 20.3 Å². The Hall–Kier alpha value is -0.0900. The molecule has 0 radical (unpaired) electrons. The van der Waals surface area contributed by atoms with Crippen molar-refractivity contribution in [2.75, 3.05) is 12.4 Å². The SMILES string of the molecule is CC1(C)C(CO)CCS1(=O)=O. The van der Waals surface area contributed by atoms with Crippen LogP contribution in [0.1, 0.15) is 20.3 Å². The van der Waals surface area contributed by atoms with Gasteiger partial charge in [0.1, 0.15) is 0 Å². The summed E-state index contributed by atoms with van der Waals surface area (Å²) in [5.41, 5.74) is 0. The monoisotopic (exact) mass is 178 g/mol. The van der Waals surface area contributed by atoms with Crippen LogP contribution in [0.4, 0.5) is 0 Å². The van der Waals surface area contributed by atoms with Gasteiger partial charge in [0.15, 0.2) is 9.84 Å². The summed E-state index contributed by atoms with van der Waals surface area (Å²) in [7, 11) is -2.95. The molecule has 1 heterocycles. The maximum absolute atomic E-state index is 11.3. The predicted octanol–water partition coefficient (Wildman–Crippen LogP) is 0.192. The minimum Gasteiger partial charge on any atom is -0.396 e. The number of hydrogen-bond donors (Lipinski definition) is 1. The molecule has 0 bridgehead atoms. The summed E-state index contributed by atoms with van der Waals surface area (Å²) in [6.07, 6.45) is 0.603. The van der Waals surface area contributed by atoms with Gasteiger partial charge < -0.3 is 5.11 Å². The van der Waals surface area contributed by atoms with Crippen molar-refractivity contribution in [3.8, 4) is 0 Å². The van der Waals surface area contributed by atoms with Crippen LogP contribution in [0.2, 0.25) is 0 Å². The van der Waals surface area contributed by atoms with Crippen LogP contribution in [0, 0.1) is 5.92 Å². The molecule has 66 valence electrons. The second-order valence-electron chi connectivity index (χ2n) is 3.59. The third-order valence-electron chi connectivity index (χ3n) is 2.74. The molecule has 1 N–H and O–H groups in total. The summed E-state index contributed by atoms with van der Waals surface area (Å²) in [6, 6.07) is 0. The number of hydrogen-bond acceptors (Lipinski definition) is 3. The minimum absolute atomic E-state index is 0.0216. The molecule has 1 saturated heterocycles. The van der Waals surface area contributed by atoms with Gasteiger partial charge in [-0.15, -0.1) is 0 Å². The van der Waals surface area contributed by atoms with Gasteiger partial charge in [0, 0.05) is 12.5 Å². The van der Waals surface area contributed by atoms with E-state index in [0.717, 1.165) is 0 Å². The van der Waals surface area contributed by atoms with Crippen molar-refractivity contribution in [3.05, 3.63) is 0 Å². The number of aliphatic hydroxyl groups excluding tert-OH is 1. The first-order valence-electron chi connectivity index (χ1n) is 3.75. The molecule has 0 aromatic heterocycles. The van der Waals surface area contributed by atoms with E-state index in [1.165, 1.54) is 0 Å². The molecule has 0 amide bonds. The first-order valence-corrected chi connectivity index (χ1v) is 5.40. The molecule has 1 fully saturated rings. The van der Waals surface area contributed by atoms with E-state index in [4.69, 9.17) is 5.11 Å². The second kappa shape index (κ2) is 2.45. The van der Waals surface area contributed by atoms with Gasteiger partial charge in [0.2, 0.25) is 0 Å². The first kappa shape index (κ1) is 9.00. The standard InChI is InChI=1S/C7H14O3S/c1-7(2)6(5-8)3-4-11(7,9)10/h6,8H,3-5H2,1-2H3. The fourth-order valence-corrected chi connectivity index (χ4v) is 3.29. The molecular weight excluding hydrogens is 164 g/mol. The predicted molar refractivity (Wildman–Crippen MR) is 43.1 cm³/mol. The Labute approximate surface area is 67.3 Å². The van der Waals surface area contributed by atoms with Crippen LogP contribution in [0.15, 0.2) is 0 Å². The van der Waals surface area contributed by atoms with Gasteiger partial charge >= 0.3 is 0 Å². The normalized spacial score (nSPS) is 33.9. The lowest BCUT2D eigenvalue weighted by Gasteiger charge is -2.23. The van der Waals surface area contributed by atoms with Crippen LogP contribution in [0.3, 0.4) is 0 Å². The van der Waals surface area contributed by atoms with Crippen LogP contribution in [0.5, 0.6) is 0 Å². The highest BCUT2D eigenvalue weighted by Crippen LogP contribution is 2.36. The highest BCUT2D eigenvalue weighted by atomic mass is 32.2. The summed E-state index contributed by atoms with van der Waals surface area (Å²) in [5, 5.41) is 8.87. The quantitative estimate of drug-likeness (QED) is 0.623. The fourth-order valence-electron chi connectivity index (χ4n) is 1.47. The van der Waals surface area contributed by atoms with Crippen molar-refractivity contribution in [1.29, 1.82) is 0 Å². The molecule has 1 aliphatic rings. The van der Waals surface area contributed by atoms with Gasteiger partial charge in [-0.3, -0.25) is 0 Å². The molecule has 0 aromatic rings.